The molecule has 0 bridgehead atoms. The minimum Gasteiger partial charge on any atom is -0.383 e. The second-order valence-electron chi connectivity index (χ2n) is 5.31. The minimum atomic E-state index is -2.66. The summed E-state index contributed by atoms with van der Waals surface area (Å²) in [7, 11) is 0. The molecule has 0 aromatic carbocycles. The molecule has 1 aromatic rings. The van der Waals surface area contributed by atoms with Crippen LogP contribution in [-0.4, -0.2) is 30.2 Å². The fraction of sp³-hybridized carbons (Fsp3) is 0.538. The molecule has 2 heterocycles. The number of alkyl halides is 2. The van der Waals surface area contributed by atoms with Gasteiger partial charge in [-0.3, -0.25) is 0 Å². The van der Waals surface area contributed by atoms with E-state index in [2.05, 4.69) is 4.98 Å². The van der Waals surface area contributed by atoms with Gasteiger partial charge in [0.2, 0.25) is 0 Å². The van der Waals surface area contributed by atoms with Crippen LogP contribution in [0.5, 0.6) is 0 Å². The molecule has 3 rings (SSSR count). The summed E-state index contributed by atoms with van der Waals surface area (Å²) in [6.45, 7) is -0.0111. The molecule has 1 saturated heterocycles. The van der Waals surface area contributed by atoms with E-state index in [0.29, 0.717) is 23.7 Å². The minimum absolute atomic E-state index is 0.147. The summed E-state index contributed by atoms with van der Waals surface area (Å²) in [4.78, 5) is 5.90. The highest BCUT2D eigenvalue weighted by Gasteiger charge is 2.39. The first kappa shape index (κ1) is 12.3. The van der Waals surface area contributed by atoms with E-state index in [-0.39, 0.29) is 18.8 Å². The van der Waals surface area contributed by atoms with Gasteiger partial charge in [-0.1, -0.05) is 0 Å². The number of rotatable bonds is 3. The van der Waals surface area contributed by atoms with Crippen molar-refractivity contribution in [1.82, 2.24) is 4.98 Å². The maximum Gasteiger partial charge on any atom is 0.266 e. The molecule has 1 aromatic heterocycles. The van der Waals surface area contributed by atoms with Crippen molar-refractivity contribution in [1.29, 1.82) is 5.41 Å². The highest BCUT2D eigenvalue weighted by atomic mass is 19.3. The van der Waals surface area contributed by atoms with Gasteiger partial charge in [-0.25, -0.2) is 13.8 Å². The van der Waals surface area contributed by atoms with E-state index in [9.17, 15) is 8.78 Å². The van der Waals surface area contributed by atoms with Gasteiger partial charge < -0.3 is 16.0 Å². The van der Waals surface area contributed by atoms with E-state index < -0.39 is 5.92 Å². The van der Waals surface area contributed by atoms with Crippen molar-refractivity contribution >= 4 is 17.7 Å². The quantitative estimate of drug-likeness (QED) is 0.825. The Morgan fingerprint density at radius 3 is 2.74 bits per heavy atom. The van der Waals surface area contributed by atoms with Crippen LogP contribution in [0.15, 0.2) is 6.07 Å². The molecule has 3 N–H and O–H groups in total. The number of hydrogen-bond donors (Lipinski definition) is 2. The van der Waals surface area contributed by atoms with Gasteiger partial charge in [0.15, 0.2) is 0 Å². The Kier molecular flexibility index (Phi) is 2.69. The van der Waals surface area contributed by atoms with Gasteiger partial charge in [-0.15, -0.1) is 0 Å². The molecular weight excluding hydrogens is 250 g/mol. The van der Waals surface area contributed by atoms with Crippen LogP contribution in [0, 0.1) is 5.41 Å². The molecule has 2 fully saturated rings. The van der Waals surface area contributed by atoms with Crippen LogP contribution in [0.4, 0.5) is 20.3 Å². The highest BCUT2D eigenvalue weighted by Crippen LogP contribution is 2.42. The van der Waals surface area contributed by atoms with Gasteiger partial charge in [0.25, 0.3) is 5.92 Å². The van der Waals surface area contributed by atoms with E-state index in [1.807, 2.05) is 6.07 Å². The van der Waals surface area contributed by atoms with Gasteiger partial charge in [-0.05, 0) is 18.9 Å². The third kappa shape index (κ3) is 2.27. The van der Waals surface area contributed by atoms with Crippen molar-refractivity contribution in [2.24, 2.45) is 0 Å². The zero-order valence-electron chi connectivity index (χ0n) is 10.5. The number of aromatic nitrogens is 1. The molecule has 0 unspecified atom stereocenters. The van der Waals surface area contributed by atoms with Gasteiger partial charge >= 0.3 is 0 Å². The SMILES string of the molecule is N=Cc1c(N2CCC(F)(F)C2)cc(C2CC2)nc1N. The zero-order chi connectivity index (χ0) is 13.6. The first-order chi connectivity index (χ1) is 9.00. The van der Waals surface area contributed by atoms with Crippen LogP contribution in [0.3, 0.4) is 0 Å². The van der Waals surface area contributed by atoms with Crippen molar-refractivity contribution in [2.45, 2.75) is 31.1 Å². The largest absolute Gasteiger partial charge is 0.383 e. The molecule has 0 spiro atoms. The molecule has 2 aliphatic rings. The maximum absolute atomic E-state index is 13.3. The van der Waals surface area contributed by atoms with Gasteiger partial charge in [0.05, 0.1) is 17.8 Å². The number of nitrogens with one attached hydrogen (secondary N) is 1. The van der Waals surface area contributed by atoms with Crippen LogP contribution < -0.4 is 10.6 Å². The molecule has 1 saturated carbocycles. The maximum atomic E-state index is 13.3. The molecular formula is C13H16F2N4. The van der Waals surface area contributed by atoms with Crippen LogP contribution in [0.2, 0.25) is 0 Å². The lowest BCUT2D eigenvalue weighted by molar-refractivity contribution is 0.0257. The van der Waals surface area contributed by atoms with Gasteiger partial charge in [-0.2, -0.15) is 0 Å². The Balaban J connectivity index is 2.00. The number of hydrogen-bond acceptors (Lipinski definition) is 4. The van der Waals surface area contributed by atoms with Crippen molar-refractivity contribution in [2.75, 3.05) is 23.7 Å². The van der Waals surface area contributed by atoms with Crippen molar-refractivity contribution in [3.05, 3.63) is 17.3 Å². The number of nitrogens with two attached hydrogens (primary N) is 1. The van der Waals surface area contributed by atoms with E-state index in [4.69, 9.17) is 11.1 Å². The summed E-state index contributed by atoms with van der Waals surface area (Å²) in [6, 6.07) is 1.83. The molecule has 1 aliphatic heterocycles. The lowest BCUT2D eigenvalue weighted by Gasteiger charge is -2.22. The number of nitrogen functional groups attached to an aromatic ring is 1. The predicted molar refractivity (Wildman–Crippen MR) is 70.3 cm³/mol. The van der Waals surface area contributed by atoms with Gasteiger partial charge in [0, 0.05) is 30.8 Å². The number of anilines is 2. The second-order valence-corrected chi connectivity index (χ2v) is 5.31. The van der Waals surface area contributed by atoms with Crippen molar-refractivity contribution in [3.63, 3.8) is 0 Å². The Morgan fingerprint density at radius 1 is 1.47 bits per heavy atom. The molecule has 102 valence electrons. The second kappa shape index (κ2) is 4.15. The lowest BCUT2D eigenvalue weighted by Crippen LogP contribution is -2.26. The summed E-state index contributed by atoms with van der Waals surface area (Å²) >= 11 is 0. The van der Waals surface area contributed by atoms with E-state index >= 15 is 0 Å². The first-order valence-corrected chi connectivity index (χ1v) is 6.44. The Hall–Kier alpha value is -1.72. The fourth-order valence-electron chi connectivity index (χ4n) is 2.52. The topological polar surface area (TPSA) is 66.0 Å². The molecule has 0 amide bonds. The smallest absolute Gasteiger partial charge is 0.266 e. The standard InChI is InChI=1S/C13H16F2N4/c14-13(15)3-4-19(7-13)11-5-10(8-1-2-8)18-12(17)9(11)6-16/h5-6,8,16H,1-4,7H2,(H2,17,18). The van der Waals surface area contributed by atoms with Crippen LogP contribution >= 0.6 is 0 Å². The van der Waals surface area contributed by atoms with Crippen LogP contribution in [-0.2, 0) is 0 Å². The van der Waals surface area contributed by atoms with E-state index in [1.165, 1.54) is 0 Å². The third-order valence-corrected chi connectivity index (χ3v) is 3.74. The molecule has 19 heavy (non-hydrogen) atoms. The summed E-state index contributed by atoms with van der Waals surface area (Å²) in [5, 5.41) is 7.42. The monoisotopic (exact) mass is 266 g/mol. The molecule has 0 radical (unpaired) electrons. The van der Waals surface area contributed by atoms with Crippen LogP contribution in [0.25, 0.3) is 0 Å². The summed E-state index contributed by atoms with van der Waals surface area (Å²) in [5.41, 5.74) is 7.80. The third-order valence-electron chi connectivity index (χ3n) is 3.74. The summed E-state index contributed by atoms with van der Waals surface area (Å²) in [5.74, 6) is -1.98. The first-order valence-electron chi connectivity index (χ1n) is 6.44. The normalized spacial score (nSPS) is 21.7. The lowest BCUT2D eigenvalue weighted by atomic mass is 10.1. The highest BCUT2D eigenvalue weighted by molar-refractivity contribution is 5.92. The zero-order valence-corrected chi connectivity index (χ0v) is 10.5. The van der Waals surface area contributed by atoms with Crippen molar-refractivity contribution < 1.29 is 8.78 Å². The van der Waals surface area contributed by atoms with Crippen LogP contribution in [0.1, 0.15) is 36.4 Å². The number of nitrogens with zero attached hydrogens (tertiary/aromatic N) is 2. The molecule has 6 heteroatoms. The Labute approximate surface area is 110 Å². The van der Waals surface area contributed by atoms with E-state index in [1.54, 1.807) is 4.90 Å². The Morgan fingerprint density at radius 2 is 2.21 bits per heavy atom. The van der Waals surface area contributed by atoms with E-state index in [0.717, 1.165) is 24.8 Å². The summed E-state index contributed by atoms with van der Waals surface area (Å²) in [6.07, 6.45) is 3.11. The molecule has 4 nitrogen and oxygen atoms in total. The average molecular weight is 266 g/mol. The molecule has 0 atom stereocenters. The fourth-order valence-corrected chi connectivity index (χ4v) is 2.52. The predicted octanol–water partition coefficient (Wildman–Crippen LogP) is 2.38. The Bertz CT molecular complexity index is 526. The van der Waals surface area contributed by atoms with Gasteiger partial charge in [0.1, 0.15) is 5.82 Å². The van der Waals surface area contributed by atoms with Crippen molar-refractivity contribution in [3.8, 4) is 0 Å². The number of pyridine rings is 1. The average Bonchev–Trinajstić information content (AvgIpc) is 3.13. The number of halogens is 2. The summed E-state index contributed by atoms with van der Waals surface area (Å²) < 4.78 is 26.7. The molecule has 1 aliphatic carbocycles.